The molecule has 1 N–H and O–H groups in total. The lowest BCUT2D eigenvalue weighted by Gasteiger charge is -2.21. The van der Waals surface area contributed by atoms with Crippen LogP contribution in [0.5, 0.6) is 0 Å². The molecule has 5 heteroatoms. The predicted molar refractivity (Wildman–Crippen MR) is 46.8 cm³/mol. The maximum Gasteiger partial charge on any atom is 0.0629 e. The first-order valence-electron chi connectivity index (χ1n) is 3.86. The van der Waals surface area contributed by atoms with Gasteiger partial charge in [0, 0.05) is 24.0 Å². The van der Waals surface area contributed by atoms with Crippen LogP contribution in [0.25, 0.3) is 0 Å². The van der Waals surface area contributed by atoms with Crippen LogP contribution in [0.3, 0.4) is 0 Å². The van der Waals surface area contributed by atoms with Crippen LogP contribution in [-0.2, 0) is 11.3 Å². The first-order valence-corrected chi connectivity index (χ1v) is 4.89. The molecule has 0 bridgehead atoms. The number of rotatable bonds is 6. The fraction of sp³-hybridized carbons (Fsp3) is 0.714. The summed E-state index contributed by atoms with van der Waals surface area (Å²) in [5, 5.41) is 8.41. The third kappa shape index (κ3) is 5.29. The van der Waals surface area contributed by atoms with Gasteiger partial charge in [0.25, 0.3) is 0 Å². The normalized spacial score (nSPS) is 13.6. The van der Waals surface area contributed by atoms with Crippen LogP contribution >= 0.6 is 0 Å². The van der Waals surface area contributed by atoms with Crippen molar-refractivity contribution >= 4 is 11.3 Å². The van der Waals surface area contributed by atoms with Gasteiger partial charge in [0.15, 0.2) is 0 Å². The van der Waals surface area contributed by atoms with Crippen molar-refractivity contribution in [3.05, 3.63) is 12.3 Å². The first kappa shape index (κ1) is 11.6. The second-order valence-electron chi connectivity index (χ2n) is 2.28. The van der Waals surface area contributed by atoms with Crippen LogP contribution in [0.15, 0.2) is 12.3 Å². The van der Waals surface area contributed by atoms with E-state index in [0.29, 0.717) is 6.54 Å². The third-order valence-electron chi connectivity index (χ3n) is 1.30. The Morgan fingerprint density at radius 3 is 2.75 bits per heavy atom. The van der Waals surface area contributed by atoms with E-state index in [4.69, 9.17) is 5.11 Å². The lowest BCUT2D eigenvalue weighted by molar-refractivity contribution is 0.340. The molecule has 0 aromatic heterocycles. The molecule has 4 nitrogen and oxygen atoms in total. The summed E-state index contributed by atoms with van der Waals surface area (Å²) in [7, 11) is 0. The van der Waals surface area contributed by atoms with Crippen LogP contribution in [0.4, 0.5) is 0 Å². The van der Waals surface area contributed by atoms with Gasteiger partial charge in [-0.05, 0) is 12.5 Å². The molecule has 0 heterocycles. The summed E-state index contributed by atoms with van der Waals surface area (Å²) >= 11 is -2.22. The molecule has 0 radical (unpaired) electrons. The minimum absolute atomic E-state index is 0.139. The zero-order valence-electron chi connectivity index (χ0n) is 7.10. The summed E-state index contributed by atoms with van der Waals surface area (Å²) < 4.78 is 22.2. The maximum atomic E-state index is 10.5. The van der Waals surface area contributed by atoms with Gasteiger partial charge in [-0.2, -0.15) is 0 Å². The molecule has 0 aromatic carbocycles. The number of aliphatic hydroxyl groups excluding tert-OH is 1. The van der Waals surface area contributed by atoms with E-state index in [-0.39, 0.29) is 6.61 Å². The highest BCUT2D eigenvalue weighted by Gasteiger charge is 1.96. The van der Waals surface area contributed by atoms with E-state index in [9.17, 15) is 8.76 Å². The Kier molecular flexibility index (Phi) is 7.03. The van der Waals surface area contributed by atoms with Gasteiger partial charge in [0.2, 0.25) is 0 Å². The predicted octanol–water partition coefficient (Wildman–Crippen LogP) is 0.389. The van der Waals surface area contributed by atoms with E-state index in [1.165, 1.54) is 16.6 Å². The number of aliphatic hydroxyl groups is 1. The van der Waals surface area contributed by atoms with Crippen LogP contribution in [-0.4, -0.2) is 31.3 Å². The molecule has 0 saturated heterocycles. The average Bonchev–Trinajstić information content (AvgIpc) is 2.04. The van der Waals surface area contributed by atoms with Crippen molar-refractivity contribution in [2.75, 3.05) is 13.2 Å². The number of unbranched alkanes of at least 4 members (excludes halogenated alkanes) is 1. The molecule has 0 amide bonds. The van der Waals surface area contributed by atoms with E-state index < -0.39 is 11.3 Å². The molecule has 0 spiro atoms. The molecule has 0 aromatic rings. The summed E-state index contributed by atoms with van der Waals surface area (Å²) in [6, 6.07) is 0. The zero-order valence-corrected chi connectivity index (χ0v) is 7.92. The van der Waals surface area contributed by atoms with Gasteiger partial charge in [0.05, 0.1) is 6.61 Å². The van der Waals surface area contributed by atoms with E-state index in [1.54, 1.807) is 0 Å². The van der Waals surface area contributed by atoms with E-state index >= 15 is 0 Å². The third-order valence-corrected chi connectivity index (χ3v) is 1.99. The monoisotopic (exact) mass is 192 g/mol. The summed E-state index contributed by atoms with van der Waals surface area (Å²) in [6.45, 7) is 2.32. The number of nitrogens with zero attached hydrogens (tertiary/aromatic N) is 1. The Morgan fingerprint density at radius 2 is 2.33 bits per heavy atom. The van der Waals surface area contributed by atoms with Crippen molar-refractivity contribution in [3.63, 3.8) is 0 Å². The number of hydrogen-bond acceptors (Lipinski definition) is 3. The molecule has 0 aliphatic carbocycles. The van der Waals surface area contributed by atoms with Crippen molar-refractivity contribution in [2.45, 2.75) is 19.8 Å². The molecule has 0 rings (SSSR count). The lowest BCUT2D eigenvalue weighted by atomic mass is 10.3. The zero-order chi connectivity index (χ0) is 9.40. The van der Waals surface area contributed by atoms with Crippen molar-refractivity contribution in [1.29, 1.82) is 0 Å². The maximum absolute atomic E-state index is 10.5. The lowest BCUT2D eigenvalue weighted by Crippen LogP contribution is -2.20. The van der Waals surface area contributed by atoms with Gasteiger partial charge in [-0.1, -0.05) is 13.3 Å². The van der Waals surface area contributed by atoms with Crippen LogP contribution < -0.4 is 0 Å². The molecule has 1 unspecified atom stereocenters. The van der Waals surface area contributed by atoms with Crippen molar-refractivity contribution in [2.24, 2.45) is 0 Å². The summed E-state index contributed by atoms with van der Waals surface area (Å²) in [4.78, 5) is 0. The molecule has 0 aliphatic heterocycles. The van der Waals surface area contributed by atoms with Gasteiger partial charge in [-0.3, -0.25) is 4.21 Å². The summed E-state index contributed by atoms with van der Waals surface area (Å²) in [6.07, 6.45) is 4.54. The second kappa shape index (κ2) is 7.27. The first-order chi connectivity index (χ1) is 5.72. The van der Waals surface area contributed by atoms with Crippen molar-refractivity contribution < 1.29 is 13.9 Å². The standard InChI is InChI=1S/C7H15NO3S/c1-2-3-5-8(12(10)11)6-4-7-9/h4,6,9H,2-3,5,7H2,1H3,(H,10,11)/p-1. The minimum atomic E-state index is -2.22. The minimum Gasteiger partial charge on any atom is -0.755 e. The highest BCUT2D eigenvalue weighted by Crippen LogP contribution is 1.98. The highest BCUT2D eigenvalue weighted by atomic mass is 32.2. The largest absolute Gasteiger partial charge is 0.755 e. The second-order valence-corrected chi connectivity index (χ2v) is 3.18. The molecule has 72 valence electrons. The summed E-state index contributed by atoms with van der Waals surface area (Å²) in [5.41, 5.74) is 0. The highest BCUT2D eigenvalue weighted by molar-refractivity contribution is 7.76. The van der Waals surface area contributed by atoms with E-state index in [0.717, 1.165) is 12.8 Å². The molecular weight excluding hydrogens is 178 g/mol. The smallest absolute Gasteiger partial charge is 0.0629 e. The Hall–Kier alpha value is -0.390. The fourth-order valence-electron chi connectivity index (χ4n) is 0.677. The van der Waals surface area contributed by atoms with Gasteiger partial charge in [0.1, 0.15) is 0 Å². The topological polar surface area (TPSA) is 63.6 Å². The SMILES string of the molecule is CCCCN(C=CCO)S(=O)[O-]. The molecular formula is C7H14NO3S-. The molecule has 0 aliphatic rings. The average molecular weight is 192 g/mol. The van der Waals surface area contributed by atoms with Gasteiger partial charge < -0.3 is 14.0 Å². The Bertz CT molecular complexity index is 161. The van der Waals surface area contributed by atoms with Crippen LogP contribution in [0.1, 0.15) is 19.8 Å². The van der Waals surface area contributed by atoms with Gasteiger partial charge >= 0.3 is 0 Å². The Labute approximate surface area is 75.3 Å². The van der Waals surface area contributed by atoms with E-state index in [1.807, 2.05) is 6.92 Å². The molecule has 1 atom stereocenters. The fourth-order valence-corrected chi connectivity index (χ4v) is 1.14. The van der Waals surface area contributed by atoms with Crippen molar-refractivity contribution in [3.8, 4) is 0 Å². The van der Waals surface area contributed by atoms with Crippen LogP contribution in [0.2, 0.25) is 0 Å². The van der Waals surface area contributed by atoms with Gasteiger partial charge in [-0.25, -0.2) is 0 Å². The summed E-state index contributed by atoms with van der Waals surface area (Å²) in [5.74, 6) is 0. The molecule has 0 fully saturated rings. The van der Waals surface area contributed by atoms with Crippen molar-refractivity contribution in [1.82, 2.24) is 4.31 Å². The van der Waals surface area contributed by atoms with Gasteiger partial charge in [-0.15, -0.1) is 0 Å². The van der Waals surface area contributed by atoms with E-state index in [2.05, 4.69) is 0 Å². The Morgan fingerprint density at radius 1 is 1.67 bits per heavy atom. The molecule has 0 saturated carbocycles. The number of hydrogen-bond donors (Lipinski definition) is 1. The quantitative estimate of drug-likeness (QED) is 0.619. The van der Waals surface area contributed by atoms with Crippen LogP contribution in [0, 0.1) is 0 Å². The molecule has 12 heavy (non-hydrogen) atoms. The Balaban J connectivity index is 3.86.